The lowest BCUT2D eigenvalue weighted by Crippen LogP contribution is -2.20. The highest BCUT2D eigenvalue weighted by molar-refractivity contribution is 5.59. The van der Waals surface area contributed by atoms with Crippen LogP contribution < -0.4 is 0 Å². The molecule has 0 spiro atoms. The lowest BCUT2D eigenvalue weighted by Gasteiger charge is -2.20. The Morgan fingerprint density at radius 1 is 1.20 bits per heavy atom. The van der Waals surface area contributed by atoms with Gasteiger partial charge in [0.1, 0.15) is 6.10 Å². The minimum absolute atomic E-state index is 0.0524. The van der Waals surface area contributed by atoms with Crippen molar-refractivity contribution in [3.05, 3.63) is 0 Å². The summed E-state index contributed by atoms with van der Waals surface area (Å²) in [4.78, 5) is 13.8. The van der Waals surface area contributed by atoms with Crippen molar-refractivity contribution in [2.24, 2.45) is 0 Å². The van der Waals surface area contributed by atoms with E-state index >= 15 is 0 Å². The van der Waals surface area contributed by atoms with Gasteiger partial charge in [-0.15, -0.1) is 0 Å². The van der Waals surface area contributed by atoms with Crippen molar-refractivity contribution in [1.82, 2.24) is 0 Å². The molecule has 1 N–H and O–H groups in total. The molecule has 1 fully saturated rings. The van der Waals surface area contributed by atoms with Gasteiger partial charge in [-0.05, 0) is 25.7 Å². The molecule has 0 amide bonds. The van der Waals surface area contributed by atoms with Gasteiger partial charge in [0.05, 0.1) is 0 Å². The minimum Gasteiger partial charge on any atom is -0.429 e. The van der Waals surface area contributed by atoms with Crippen LogP contribution in [0.4, 0.5) is 4.79 Å². The zero-order valence-corrected chi connectivity index (χ0v) is 9.70. The molecule has 0 saturated heterocycles. The lowest BCUT2D eigenvalue weighted by atomic mass is 9.98. The van der Waals surface area contributed by atoms with E-state index in [1.807, 2.05) is 0 Å². The highest BCUT2D eigenvalue weighted by Gasteiger charge is 2.18. The lowest BCUT2D eigenvalue weighted by molar-refractivity contribution is -0.206. The monoisotopic (exact) mass is 218 g/mol. The van der Waals surface area contributed by atoms with Crippen LogP contribution in [0.1, 0.15) is 58.8 Å². The molecule has 0 aromatic rings. The van der Waals surface area contributed by atoms with Gasteiger partial charge in [-0.2, -0.15) is 5.26 Å². The molecule has 0 unspecified atom stereocenters. The Kier molecular flexibility index (Phi) is 9.27. The SMILES string of the molecule is CCCC.O=C(OO)OC1CCCCC1. The zero-order chi connectivity index (χ0) is 11.5. The maximum absolute atomic E-state index is 10.4. The second-order valence-corrected chi connectivity index (χ2v) is 3.72. The fraction of sp³-hybridized carbons (Fsp3) is 0.909. The highest BCUT2D eigenvalue weighted by atomic mass is 17.1. The second kappa shape index (κ2) is 9.77. The molecule has 4 heteroatoms. The second-order valence-electron chi connectivity index (χ2n) is 3.72. The maximum Gasteiger partial charge on any atom is 0.540 e. The first-order valence-electron chi connectivity index (χ1n) is 5.76. The third kappa shape index (κ3) is 8.24. The highest BCUT2D eigenvalue weighted by Crippen LogP contribution is 2.20. The van der Waals surface area contributed by atoms with Crippen LogP contribution in [0.25, 0.3) is 0 Å². The summed E-state index contributed by atoms with van der Waals surface area (Å²) in [6.45, 7) is 4.36. The Hall–Kier alpha value is -0.770. The van der Waals surface area contributed by atoms with Gasteiger partial charge < -0.3 is 4.74 Å². The molecule has 4 nitrogen and oxygen atoms in total. The summed E-state index contributed by atoms with van der Waals surface area (Å²) in [5, 5.41) is 7.89. The van der Waals surface area contributed by atoms with E-state index in [0.717, 1.165) is 25.7 Å². The van der Waals surface area contributed by atoms with Gasteiger partial charge in [-0.3, -0.25) is 4.89 Å². The average molecular weight is 218 g/mol. The Bertz CT molecular complexity index is 151. The van der Waals surface area contributed by atoms with E-state index in [9.17, 15) is 4.79 Å². The van der Waals surface area contributed by atoms with Crippen molar-refractivity contribution < 1.29 is 19.7 Å². The summed E-state index contributed by atoms with van der Waals surface area (Å²) in [6.07, 6.45) is 6.74. The third-order valence-corrected chi connectivity index (χ3v) is 2.39. The number of ether oxygens (including phenoxy) is 1. The molecular weight excluding hydrogens is 196 g/mol. The molecular formula is C11H22O4. The molecule has 1 rings (SSSR count). The van der Waals surface area contributed by atoms with Crippen LogP contribution in [0.5, 0.6) is 0 Å². The quantitative estimate of drug-likeness (QED) is 0.435. The standard InChI is InChI=1S/C7H12O4.C4H10/c8-7(11-9)10-6-4-2-1-3-5-6;1-3-4-2/h6,9H,1-5H2;3-4H2,1-2H3. The van der Waals surface area contributed by atoms with Crippen LogP contribution in [0.3, 0.4) is 0 Å². The van der Waals surface area contributed by atoms with E-state index in [1.54, 1.807) is 0 Å². The summed E-state index contributed by atoms with van der Waals surface area (Å²) in [7, 11) is 0. The van der Waals surface area contributed by atoms with Gasteiger partial charge in [0.25, 0.3) is 0 Å². The third-order valence-electron chi connectivity index (χ3n) is 2.39. The minimum atomic E-state index is -0.989. The molecule has 1 aliphatic carbocycles. The molecule has 0 atom stereocenters. The number of hydrogen-bond donors (Lipinski definition) is 1. The number of hydrogen-bond acceptors (Lipinski definition) is 4. The van der Waals surface area contributed by atoms with E-state index in [0.29, 0.717) is 0 Å². The maximum atomic E-state index is 10.4. The van der Waals surface area contributed by atoms with Gasteiger partial charge in [0.15, 0.2) is 0 Å². The molecule has 1 saturated carbocycles. The topological polar surface area (TPSA) is 55.8 Å². The smallest absolute Gasteiger partial charge is 0.429 e. The van der Waals surface area contributed by atoms with Crippen LogP contribution in [-0.2, 0) is 9.62 Å². The fourth-order valence-electron chi connectivity index (χ4n) is 1.34. The van der Waals surface area contributed by atoms with Crippen molar-refractivity contribution in [2.75, 3.05) is 0 Å². The van der Waals surface area contributed by atoms with Crippen LogP contribution >= 0.6 is 0 Å². The molecule has 0 heterocycles. The fourth-order valence-corrected chi connectivity index (χ4v) is 1.34. The van der Waals surface area contributed by atoms with E-state index in [1.165, 1.54) is 19.3 Å². The van der Waals surface area contributed by atoms with E-state index in [-0.39, 0.29) is 6.10 Å². The molecule has 15 heavy (non-hydrogen) atoms. The van der Waals surface area contributed by atoms with Crippen LogP contribution in [0, 0.1) is 0 Å². The van der Waals surface area contributed by atoms with Gasteiger partial charge in [0, 0.05) is 0 Å². The Labute approximate surface area is 91.5 Å². The molecule has 0 bridgehead atoms. The van der Waals surface area contributed by atoms with E-state index < -0.39 is 6.16 Å². The first-order chi connectivity index (χ1) is 7.24. The predicted octanol–water partition coefficient (Wildman–Crippen LogP) is 3.75. The van der Waals surface area contributed by atoms with Gasteiger partial charge >= 0.3 is 6.16 Å². The van der Waals surface area contributed by atoms with Crippen LogP contribution in [0.15, 0.2) is 0 Å². The number of carbonyl (C=O) groups excluding carboxylic acids is 1. The molecule has 0 radical (unpaired) electrons. The van der Waals surface area contributed by atoms with Gasteiger partial charge in [-0.1, -0.05) is 33.1 Å². The van der Waals surface area contributed by atoms with Crippen molar-refractivity contribution in [3.8, 4) is 0 Å². The Morgan fingerprint density at radius 3 is 2.13 bits per heavy atom. The summed E-state index contributed by atoms with van der Waals surface area (Å²) in [5.74, 6) is 0. The van der Waals surface area contributed by atoms with Crippen molar-refractivity contribution in [1.29, 1.82) is 0 Å². The summed E-state index contributed by atoms with van der Waals surface area (Å²) in [6, 6.07) is 0. The first-order valence-corrected chi connectivity index (χ1v) is 5.76. The van der Waals surface area contributed by atoms with E-state index in [2.05, 4.69) is 18.7 Å². The molecule has 0 aliphatic heterocycles. The summed E-state index contributed by atoms with van der Waals surface area (Å²) >= 11 is 0. The number of unbranched alkanes of at least 4 members (excludes halogenated alkanes) is 1. The number of rotatable bonds is 2. The van der Waals surface area contributed by atoms with Crippen molar-refractivity contribution in [3.63, 3.8) is 0 Å². The molecule has 0 aromatic carbocycles. The molecule has 1 aliphatic rings. The largest absolute Gasteiger partial charge is 0.540 e. The zero-order valence-electron chi connectivity index (χ0n) is 9.70. The first kappa shape index (κ1) is 14.2. The van der Waals surface area contributed by atoms with Crippen LogP contribution in [0.2, 0.25) is 0 Å². The van der Waals surface area contributed by atoms with Gasteiger partial charge in [0.2, 0.25) is 0 Å². The normalized spacial score (nSPS) is 16.2. The molecule has 0 aromatic heterocycles. The van der Waals surface area contributed by atoms with Crippen LogP contribution in [-0.4, -0.2) is 17.5 Å². The Balaban J connectivity index is 0.000000423. The average Bonchev–Trinajstić information content (AvgIpc) is 2.30. The van der Waals surface area contributed by atoms with Crippen molar-refractivity contribution >= 4 is 6.16 Å². The summed E-state index contributed by atoms with van der Waals surface area (Å²) in [5.41, 5.74) is 0. The van der Waals surface area contributed by atoms with E-state index in [4.69, 9.17) is 9.99 Å². The number of carbonyl (C=O) groups is 1. The van der Waals surface area contributed by atoms with Gasteiger partial charge in [-0.25, -0.2) is 4.79 Å². The predicted molar refractivity (Wildman–Crippen MR) is 57.6 cm³/mol. The Morgan fingerprint density at radius 2 is 1.73 bits per heavy atom. The molecule has 90 valence electrons. The van der Waals surface area contributed by atoms with Crippen molar-refractivity contribution in [2.45, 2.75) is 64.9 Å². The summed E-state index contributed by atoms with van der Waals surface area (Å²) < 4.78 is 4.73.